The number of carbonyl (C=O) groups excluding carboxylic acids is 2. The molecule has 0 fully saturated rings. The normalized spacial score (nSPS) is 15.9. The van der Waals surface area contributed by atoms with Gasteiger partial charge in [-0.05, 0) is 11.8 Å². The highest BCUT2D eigenvalue weighted by atomic mass is 16.4. The zero-order valence-corrected chi connectivity index (χ0v) is 14.4. The fourth-order valence-corrected chi connectivity index (χ4v) is 1.93. The highest BCUT2D eigenvalue weighted by Gasteiger charge is 2.31. The molecule has 0 heterocycles. The summed E-state index contributed by atoms with van der Waals surface area (Å²) in [6, 6.07) is -3.47. The standard InChI is InChI=1S/C15H27N3O6/c1-5-8(4)11(16)14(22)17-9(6-10(19)20)13(21)18-12(7(2)3)15(23)24/h7-9,11-12H,5-6,16H2,1-4H3,(H,17,22)(H,18,21)(H,19,20)(H,23,24). The largest absolute Gasteiger partial charge is 0.481 e. The molecule has 9 heteroatoms. The van der Waals surface area contributed by atoms with E-state index in [1.54, 1.807) is 20.8 Å². The summed E-state index contributed by atoms with van der Waals surface area (Å²) in [7, 11) is 0. The van der Waals surface area contributed by atoms with Gasteiger partial charge in [0.15, 0.2) is 0 Å². The molecule has 0 saturated heterocycles. The zero-order chi connectivity index (χ0) is 19.0. The minimum Gasteiger partial charge on any atom is -0.481 e. The predicted octanol–water partition coefficient (Wildman–Crippen LogP) is -0.455. The van der Waals surface area contributed by atoms with Gasteiger partial charge in [0.05, 0.1) is 12.5 Å². The Labute approximate surface area is 141 Å². The van der Waals surface area contributed by atoms with E-state index in [1.807, 2.05) is 6.92 Å². The number of carbonyl (C=O) groups is 4. The Kier molecular flexibility index (Phi) is 8.97. The Morgan fingerprint density at radius 1 is 1.00 bits per heavy atom. The zero-order valence-electron chi connectivity index (χ0n) is 14.4. The lowest BCUT2D eigenvalue weighted by atomic mass is 9.98. The van der Waals surface area contributed by atoms with E-state index in [4.69, 9.17) is 15.9 Å². The van der Waals surface area contributed by atoms with E-state index >= 15 is 0 Å². The molecule has 4 unspecified atom stereocenters. The van der Waals surface area contributed by atoms with E-state index in [0.717, 1.165) is 0 Å². The number of nitrogens with one attached hydrogen (secondary N) is 2. The number of carboxylic acid groups (broad SMARTS) is 2. The summed E-state index contributed by atoms with van der Waals surface area (Å²) >= 11 is 0. The van der Waals surface area contributed by atoms with Gasteiger partial charge in [0.2, 0.25) is 11.8 Å². The molecule has 0 aliphatic rings. The summed E-state index contributed by atoms with van der Waals surface area (Å²) in [5.74, 6) is -4.62. The second-order valence-corrected chi connectivity index (χ2v) is 6.14. The maximum absolute atomic E-state index is 12.2. The van der Waals surface area contributed by atoms with Crippen LogP contribution in [-0.4, -0.2) is 52.1 Å². The quantitative estimate of drug-likeness (QED) is 0.358. The van der Waals surface area contributed by atoms with Gasteiger partial charge in [0.25, 0.3) is 0 Å². The maximum atomic E-state index is 12.2. The van der Waals surface area contributed by atoms with Crippen LogP contribution in [0.3, 0.4) is 0 Å². The molecule has 0 spiro atoms. The number of hydrogen-bond acceptors (Lipinski definition) is 5. The van der Waals surface area contributed by atoms with Crippen LogP contribution >= 0.6 is 0 Å². The van der Waals surface area contributed by atoms with Crippen LogP contribution in [0.5, 0.6) is 0 Å². The van der Waals surface area contributed by atoms with Crippen molar-refractivity contribution in [3.8, 4) is 0 Å². The molecule has 0 saturated carbocycles. The molecule has 2 amide bonds. The Morgan fingerprint density at radius 2 is 1.54 bits per heavy atom. The third-order valence-electron chi connectivity index (χ3n) is 3.80. The van der Waals surface area contributed by atoms with E-state index in [1.165, 1.54) is 0 Å². The molecule has 0 aliphatic carbocycles. The molecule has 0 aromatic carbocycles. The third kappa shape index (κ3) is 6.95. The van der Waals surface area contributed by atoms with Gasteiger partial charge in [-0.3, -0.25) is 14.4 Å². The lowest BCUT2D eigenvalue weighted by Gasteiger charge is -2.24. The summed E-state index contributed by atoms with van der Waals surface area (Å²) in [6.45, 7) is 6.81. The molecule has 24 heavy (non-hydrogen) atoms. The molecule has 0 aromatic rings. The number of amides is 2. The van der Waals surface area contributed by atoms with Crippen molar-refractivity contribution in [2.75, 3.05) is 0 Å². The lowest BCUT2D eigenvalue weighted by molar-refractivity contribution is -0.144. The fraction of sp³-hybridized carbons (Fsp3) is 0.733. The Morgan fingerprint density at radius 3 is 1.92 bits per heavy atom. The maximum Gasteiger partial charge on any atom is 0.326 e. The predicted molar refractivity (Wildman–Crippen MR) is 86.0 cm³/mol. The topological polar surface area (TPSA) is 159 Å². The molecule has 0 aliphatic heterocycles. The van der Waals surface area contributed by atoms with Crippen molar-refractivity contribution < 1.29 is 29.4 Å². The summed E-state index contributed by atoms with van der Waals surface area (Å²) in [4.78, 5) is 46.3. The summed E-state index contributed by atoms with van der Waals surface area (Å²) < 4.78 is 0. The molecule has 6 N–H and O–H groups in total. The van der Waals surface area contributed by atoms with Gasteiger partial charge in [-0.2, -0.15) is 0 Å². The van der Waals surface area contributed by atoms with Gasteiger partial charge in [-0.1, -0.05) is 34.1 Å². The smallest absolute Gasteiger partial charge is 0.326 e. The van der Waals surface area contributed by atoms with Crippen molar-refractivity contribution in [3.05, 3.63) is 0 Å². The van der Waals surface area contributed by atoms with Crippen molar-refractivity contribution in [2.24, 2.45) is 17.6 Å². The highest BCUT2D eigenvalue weighted by Crippen LogP contribution is 2.07. The van der Waals surface area contributed by atoms with Crippen LogP contribution in [0.2, 0.25) is 0 Å². The minimum atomic E-state index is -1.40. The third-order valence-corrected chi connectivity index (χ3v) is 3.80. The molecular weight excluding hydrogens is 318 g/mol. The molecule has 0 bridgehead atoms. The highest BCUT2D eigenvalue weighted by molar-refractivity contribution is 5.94. The van der Waals surface area contributed by atoms with Gasteiger partial charge in [0, 0.05) is 0 Å². The van der Waals surface area contributed by atoms with E-state index in [-0.39, 0.29) is 5.92 Å². The van der Waals surface area contributed by atoms with E-state index in [2.05, 4.69) is 10.6 Å². The van der Waals surface area contributed by atoms with Crippen molar-refractivity contribution in [3.63, 3.8) is 0 Å². The van der Waals surface area contributed by atoms with Crippen molar-refractivity contribution >= 4 is 23.8 Å². The average molecular weight is 345 g/mol. The van der Waals surface area contributed by atoms with Gasteiger partial charge >= 0.3 is 11.9 Å². The Balaban J connectivity index is 5.12. The Hall–Kier alpha value is -2.16. The minimum absolute atomic E-state index is 0.152. The monoisotopic (exact) mass is 345 g/mol. The molecule has 4 atom stereocenters. The number of aliphatic carboxylic acids is 2. The van der Waals surface area contributed by atoms with Gasteiger partial charge in [-0.15, -0.1) is 0 Å². The summed E-state index contributed by atoms with van der Waals surface area (Å²) in [6.07, 6.45) is -0.0337. The first-order valence-electron chi connectivity index (χ1n) is 7.82. The molecule has 9 nitrogen and oxygen atoms in total. The SMILES string of the molecule is CCC(C)C(N)C(=O)NC(CC(=O)O)C(=O)NC(C(=O)O)C(C)C. The van der Waals surface area contributed by atoms with Crippen LogP contribution in [0.15, 0.2) is 0 Å². The number of rotatable bonds is 10. The first-order chi connectivity index (χ1) is 11.0. The van der Waals surface area contributed by atoms with Gasteiger partial charge in [0.1, 0.15) is 12.1 Å². The van der Waals surface area contributed by atoms with Crippen LogP contribution < -0.4 is 16.4 Å². The first-order valence-corrected chi connectivity index (χ1v) is 7.82. The van der Waals surface area contributed by atoms with Crippen LogP contribution in [0.1, 0.15) is 40.5 Å². The molecule has 0 radical (unpaired) electrons. The van der Waals surface area contributed by atoms with Crippen LogP contribution in [0.25, 0.3) is 0 Å². The fourth-order valence-electron chi connectivity index (χ4n) is 1.93. The molecule has 0 aromatic heterocycles. The second kappa shape index (κ2) is 9.86. The first kappa shape index (κ1) is 21.8. The van der Waals surface area contributed by atoms with Gasteiger partial charge < -0.3 is 26.6 Å². The molecule has 138 valence electrons. The van der Waals surface area contributed by atoms with Crippen LogP contribution in [0, 0.1) is 11.8 Å². The summed E-state index contributed by atoms with van der Waals surface area (Å²) in [5.41, 5.74) is 5.76. The average Bonchev–Trinajstić information content (AvgIpc) is 2.48. The molecule has 0 rings (SSSR count). The number of nitrogens with two attached hydrogens (primary N) is 1. The van der Waals surface area contributed by atoms with E-state index in [0.29, 0.717) is 6.42 Å². The number of hydrogen-bond donors (Lipinski definition) is 5. The lowest BCUT2D eigenvalue weighted by Crippen LogP contribution is -2.56. The Bertz CT molecular complexity index is 480. The van der Waals surface area contributed by atoms with Crippen LogP contribution in [0.4, 0.5) is 0 Å². The van der Waals surface area contributed by atoms with E-state index in [9.17, 15) is 19.2 Å². The van der Waals surface area contributed by atoms with E-state index < -0.39 is 54.2 Å². The number of carboxylic acids is 2. The van der Waals surface area contributed by atoms with Crippen molar-refractivity contribution in [2.45, 2.75) is 58.7 Å². The van der Waals surface area contributed by atoms with Crippen LogP contribution in [-0.2, 0) is 19.2 Å². The van der Waals surface area contributed by atoms with Crippen molar-refractivity contribution in [1.29, 1.82) is 0 Å². The van der Waals surface area contributed by atoms with Gasteiger partial charge in [-0.25, -0.2) is 4.79 Å². The summed E-state index contributed by atoms with van der Waals surface area (Å²) in [5, 5.41) is 22.6. The molecular formula is C15H27N3O6. The van der Waals surface area contributed by atoms with Crippen molar-refractivity contribution in [1.82, 2.24) is 10.6 Å². The second-order valence-electron chi connectivity index (χ2n) is 6.14.